The van der Waals surface area contributed by atoms with E-state index in [4.69, 9.17) is 10.2 Å². The van der Waals surface area contributed by atoms with Gasteiger partial charge in [-0.15, -0.1) is 0 Å². The Morgan fingerprint density at radius 3 is 1.66 bits per heavy atom. The summed E-state index contributed by atoms with van der Waals surface area (Å²) in [6.45, 7) is 4.42. The molecule has 0 aliphatic heterocycles. The third-order valence-electron chi connectivity index (χ3n) is 5.15. The minimum atomic E-state index is -1.11. The van der Waals surface area contributed by atoms with Crippen molar-refractivity contribution in [2.45, 2.75) is 116 Å². The van der Waals surface area contributed by atoms with Crippen LogP contribution in [0.2, 0.25) is 0 Å². The molecular weight excluding hydrogens is 364 g/mol. The first-order chi connectivity index (χ1) is 14.0. The molecule has 168 valence electrons. The smallest absolute Gasteiger partial charge is 0.339 e. The summed E-state index contributed by atoms with van der Waals surface area (Å²) in [4.78, 5) is 10.3. The van der Waals surface area contributed by atoms with E-state index >= 15 is 0 Å². The standard InChI is InChI=1S/C18H38O.C7H6O3/c1-3-5-6-7-8-9-10-11-12-13-14-15-17-18(19)16-4-2;8-6-4-2-1-3-5(6)7(9)10/h18-19H,3-17H2,1-2H3;1-4,8H,(H,9,10). The summed E-state index contributed by atoms with van der Waals surface area (Å²) in [7, 11) is 0. The van der Waals surface area contributed by atoms with Crippen molar-refractivity contribution in [1.29, 1.82) is 0 Å². The van der Waals surface area contributed by atoms with Crippen LogP contribution in [0.1, 0.15) is 121 Å². The van der Waals surface area contributed by atoms with Gasteiger partial charge < -0.3 is 15.3 Å². The van der Waals surface area contributed by atoms with E-state index in [0.29, 0.717) is 0 Å². The Morgan fingerprint density at radius 2 is 1.24 bits per heavy atom. The number of unbranched alkanes of at least 4 members (excludes halogenated alkanes) is 11. The molecule has 1 aromatic rings. The van der Waals surface area contributed by atoms with Gasteiger partial charge in [-0.25, -0.2) is 4.79 Å². The van der Waals surface area contributed by atoms with Gasteiger partial charge in [0.05, 0.1) is 6.10 Å². The Morgan fingerprint density at radius 1 is 0.759 bits per heavy atom. The Labute approximate surface area is 178 Å². The summed E-state index contributed by atoms with van der Waals surface area (Å²) < 4.78 is 0. The fraction of sp³-hybridized carbons (Fsp3) is 0.720. The molecule has 4 nitrogen and oxygen atoms in total. The van der Waals surface area contributed by atoms with Crippen molar-refractivity contribution in [3.8, 4) is 5.75 Å². The third kappa shape index (κ3) is 17.1. The molecular formula is C25H44O4. The first-order valence-electron chi connectivity index (χ1n) is 11.7. The molecule has 1 unspecified atom stereocenters. The van der Waals surface area contributed by atoms with Gasteiger partial charge in [0.15, 0.2) is 0 Å². The maximum atomic E-state index is 10.3. The molecule has 0 aliphatic carbocycles. The quantitative estimate of drug-likeness (QED) is 0.250. The highest BCUT2D eigenvalue weighted by atomic mass is 16.4. The largest absolute Gasteiger partial charge is 0.507 e. The molecule has 29 heavy (non-hydrogen) atoms. The number of aliphatic hydroxyl groups is 1. The molecule has 0 fully saturated rings. The van der Waals surface area contributed by atoms with Crippen molar-refractivity contribution >= 4 is 5.97 Å². The van der Waals surface area contributed by atoms with Gasteiger partial charge in [0.25, 0.3) is 0 Å². The summed E-state index contributed by atoms with van der Waals surface area (Å²) in [5.74, 6) is -1.31. The van der Waals surface area contributed by atoms with Crippen molar-refractivity contribution in [1.82, 2.24) is 0 Å². The molecule has 4 heteroatoms. The zero-order chi connectivity index (χ0) is 21.7. The second-order valence-corrected chi connectivity index (χ2v) is 7.94. The molecule has 0 heterocycles. The van der Waals surface area contributed by atoms with E-state index in [-0.39, 0.29) is 17.4 Å². The molecule has 1 atom stereocenters. The fourth-order valence-corrected chi connectivity index (χ4v) is 3.35. The number of hydrogen-bond donors (Lipinski definition) is 3. The number of phenols is 1. The van der Waals surface area contributed by atoms with Crippen LogP contribution in [0.15, 0.2) is 24.3 Å². The maximum absolute atomic E-state index is 10.3. The number of para-hydroxylation sites is 1. The van der Waals surface area contributed by atoms with Crippen molar-refractivity contribution in [3.05, 3.63) is 29.8 Å². The van der Waals surface area contributed by atoms with Crippen molar-refractivity contribution in [2.75, 3.05) is 0 Å². The van der Waals surface area contributed by atoms with Crippen LogP contribution in [-0.4, -0.2) is 27.4 Å². The van der Waals surface area contributed by atoms with Gasteiger partial charge in [-0.3, -0.25) is 0 Å². The highest BCUT2D eigenvalue weighted by molar-refractivity contribution is 5.90. The Kier molecular flexibility index (Phi) is 18.7. The van der Waals surface area contributed by atoms with Crippen LogP contribution in [0, 0.1) is 0 Å². The van der Waals surface area contributed by atoms with Crippen LogP contribution in [-0.2, 0) is 0 Å². The van der Waals surface area contributed by atoms with E-state index in [1.807, 2.05) is 0 Å². The minimum Gasteiger partial charge on any atom is -0.507 e. The lowest BCUT2D eigenvalue weighted by molar-refractivity contribution is 0.0693. The third-order valence-corrected chi connectivity index (χ3v) is 5.15. The summed E-state index contributed by atoms with van der Waals surface area (Å²) in [5, 5.41) is 26.9. The summed E-state index contributed by atoms with van der Waals surface area (Å²) in [6.07, 6.45) is 19.8. The molecule has 0 aromatic heterocycles. The zero-order valence-electron chi connectivity index (χ0n) is 18.7. The van der Waals surface area contributed by atoms with Gasteiger partial charge in [0, 0.05) is 0 Å². The van der Waals surface area contributed by atoms with E-state index in [1.165, 1.54) is 89.2 Å². The van der Waals surface area contributed by atoms with E-state index < -0.39 is 5.97 Å². The molecule has 0 saturated carbocycles. The first kappa shape index (κ1) is 27.5. The lowest BCUT2D eigenvalue weighted by Crippen LogP contribution is -2.04. The number of carbonyl (C=O) groups is 1. The lowest BCUT2D eigenvalue weighted by Gasteiger charge is -2.08. The number of aromatic carboxylic acids is 1. The summed E-state index contributed by atoms with van der Waals surface area (Å²) in [6, 6.07) is 5.81. The summed E-state index contributed by atoms with van der Waals surface area (Å²) >= 11 is 0. The van der Waals surface area contributed by atoms with Crippen LogP contribution < -0.4 is 0 Å². The molecule has 3 N–H and O–H groups in total. The molecule has 0 spiro atoms. The average Bonchev–Trinajstić information content (AvgIpc) is 2.69. The lowest BCUT2D eigenvalue weighted by atomic mass is 10.0. The second-order valence-electron chi connectivity index (χ2n) is 7.94. The molecule has 1 aromatic carbocycles. The number of aliphatic hydroxyl groups excluding tert-OH is 1. The molecule has 1 rings (SSSR count). The molecule has 0 aliphatic rings. The number of hydrogen-bond acceptors (Lipinski definition) is 3. The number of aromatic hydroxyl groups is 1. The highest BCUT2D eigenvalue weighted by Crippen LogP contribution is 2.15. The first-order valence-corrected chi connectivity index (χ1v) is 11.7. The maximum Gasteiger partial charge on any atom is 0.339 e. The number of carboxylic acid groups (broad SMARTS) is 1. The van der Waals surface area contributed by atoms with Crippen LogP contribution in [0.25, 0.3) is 0 Å². The van der Waals surface area contributed by atoms with Crippen molar-refractivity contribution in [3.63, 3.8) is 0 Å². The number of rotatable bonds is 16. The second kappa shape index (κ2) is 19.8. The Bertz CT molecular complexity index is 501. The van der Waals surface area contributed by atoms with Crippen molar-refractivity contribution in [2.24, 2.45) is 0 Å². The molecule has 0 amide bonds. The number of benzene rings is 1. The van der Waals surface area contributed by atoms with Gasteiger partial charge >= 0.3 is 5.97 Å². The van der Waals surface area contributed by atoms with Gasteiger partial charge in [-0.2, -0.15) is 0 Å². The van der Waals surface area contributed by atoms with Crippen LogP contribution in [0.5, 0.6) is 5.75 Å². The SMILES string of the molecule is CCCCCCCCCCCCCCC(O)CCC.O=C(O)c1ccccc1O. The van der Waals surface area contributed by atoms with Gasteiger partial charge in [0.2, 0.25) is 0 Å². The molecule has 0 bridgehead atoms. The topological polar surface area (TPSA) is 77.8 Å². The molecule has 0 saturated heterocycles. The highest BCUT2D eigenvalue weighted by Gasteiger charge is 2.05. The van der Waals surface area contributed by atoms with Crippen molar-refractivity contribution < 1.29 is 20.1 Å². The molecule has 0 radical (unpaired) electrons. The van der Waals surface area contributed by atoms with Crippen LogP contribution in [0.4, 0.5) is 0 Å². The van der Waals surface area contributed by atoms with Crippen LogP contribution in [0.3, 0.4) is 0 Å². The predicted molar refractivity (Wildman–Crippen MR) is 122 cm³/mol. The number of carboxylic acids is 1. The minimum absolute atomic E-state index is 0.0341. The van der Waals surface area contributed by atoms with E-state index in [1.54, 1.807) is 12.1 Å². The normalized spacial score (nSPS) is 11.6. The fourth-order valence-electron chi connectivity index (χ4n) is 3.35. The Balaban J connectivity index is 0.000000651. The van der Waals surface area contributed by atoms with Gasteiger partial charge in [-0.05, 0) is 25.0 Å². The average molecular weight is 409 g/mol. The zero-order valence-corrected chi connectivity index (χ0v) is 18.7. The van der Waals surface area contributed by atoms with Gasteiger partial charge in [0.1, 0.15) is 11.3 Å². The van der Waals surface area contributed by atoms with Gasteiger partial charge in [-0.1, -0.05) is 109 Å². The van der Waals surface area contributed by atoms with E-state index in [9.17, 15) is 9.90 Å². The summed E-state index contributed by atoms with van der Waals surface area (Å²) in [5.41, 5.74) is -0.0671. The monoisotopic (exact) mass is 408 g/mol. The van der Waals surface area contributed by atoms with Crippen LogP contribution >= 0.6 is 0 Å². The predicted octanol–water partition coefficient (Wildman–Crippen LogP) is 7.33. The van der Waals surface area contributed by atoms with E-state index in [0.717, 1.165) is 19.3 Å². The van der Waals surface area contributed by atoms with E-state index in [2.05, 4.69) is 13.8 Å². The Hall–Kier alpha value is -1.55.